The summed E-state index contributed by atoms with van der Waals surface area (Å²) in [4.78, 5) is 31.4. The molecule has 0 radical (unpaired) electrons. The smallest absolute Gasteiger partial charge is 0.262 e. The molecule has 0 aliphatic carbocycles. The molecule has 0 saturated heterocycles. The molecule has 3 rings (SSSR count). The van der Waals surface area contributed by atoms with E-state index in [4.69, 9.17) is 0 Å². The van der Waals surface area contributed by atoms with Crippen LogP contribution in [0.3, 0.4) is 0 Å². The summed E-state index contributed by atoms with van der Waals surface area (Å²) < 4.78 is 1.39. The van der Waals surface area contributed by atoms with E-state index in [0.717, 1.165) is 27.3 Å². The average Bonchev–Trinajstić information content (AvgIpc) is 2.91. The van der Waals surface area contributed by atoms with Gasteiger partial charge in [-0.25, -0.2) is 4.98 Å². The summed E-state index contributed by atoms with van der Waals surface area (Å²) in [6, 6.07) is 8.06. The lowest BCUT2D eigenvalue weighted by Gasteiger charge is -2.18. The molecule has 0 spiro atoms. The molecule has 0 fully saturated rings. The van der Waals surface area contributed by atoms with Crippen LogP contribution in [0.15, 0.2) is 35.4 Å². The Labute approximate surface area is 156 Å². The number of amides is 1. The third-order valence-electron chi connectivity index (χ3n) is 4.69. The molecule has 3 aromatic rings. The lowest BCUT2D eigenvalue weighted by atomic mass is 10.0. The van der Waals surface area contributed by atoms with Crippen molar-refractivity contribution in [2.24, 2.45) is 0 Å². The second kappa shape index (κ2) is 7.41. The van der Waals surface area contributed by atoms with Gasteiger partial charge in [0.1, 0.15) is 11.4 Å². The lowest BCUT2D eigenvalue weighted by Crippen LogP contribution is -2.34. The van der Waals surface area contributed by atoms with Gasteiger partial charge in [0.15, 0.2) is 0 Å². The summed E-state index contributed by atoms with van der Waals surface area (Å²) in [5.41, 5.74) is 3.04. The van der Waals surface area contributed by atoms with Crippen LogP contribution in [0, 0.1) is 20.8 Å². The monoisotopic (exact) mass is 369 g/mol. The number of thiophene rings is 1. The van der Waals surface area contributed by atoms with Crippen molar-refractivity contribution in [1.82, 2.24) is 14.9 Å². The van der Waals surface area contributed by atoms with Crippen LogP contribution >= 0.6 is 11.3 Å². The zero-order valence-electron chi connectivity index (χ0n) is 15.5. The highest BCUT2D eigenvalue weighted by Crippen LogP contribution is 2.25. The zero-order valence-corrected chi connectivity index (χ0v) is 16.3. The number of aryl methyl sites for hydroxylation is 3. The van der Waals surface area contributed by atoms with Gasteiger partial charge in [-0.2, -0.15) is 0 Å². The second-order valence-corrected chi connectivity index (χ2v) is 7.78. The van der Waals surface area contributed by atoms with E-state index >= 15 is 0 Å². The molecule has 6 heteroatoms. The van der Waals surface area contributed by atoms with Crippen LogP contribution < -0.4 is 10.9 Å². The fourth-order valence-corrected chi connectivity index (χ4v) is 3.98. The summed E-state index contributed by atoms with van der Waals surface area (Å²) in [5.74, 6) is -0.190. The van der Waals surface area contributed by atoms with E-state index in [1.54, 1.807) is 0 Å². The van der Waals surface area contributed by atoms with Crippen LogP contribution in [0.25, 0.3) is 10.2 Å². The van der Waals surface area contributed by atoms with Gasteiger partial charge >= 0.3 is 0 Å². The van der Waals surface area contributed by atoms with Gasteiger partial charge < -0.3 is 5.32 Å². The van der Waals surface area contributed by atoms with Crippen LogP contribution in [0.5, 0.6) is 0 Å². The van der Waals surface area contributed by atoms with Crippen LogP contribution in [0.4, 0.5) is 0 Å². The quantitative estimate of drug-likeness (QED) is 0.747. The summed E-state index contributed by atoms with van der Waals surface area (Å²) in [6.45, 7) is 7.94. The second-order valence-electron chi connectivity index (χ2n) is 6.58. The summed E-state index contributed by atoms with van der Waals surface area (Å²) in [7, 11) is 0. The topological polar surface area (TPSA) is 64.0 Å². The van der Waals surface area contributed by atoms with Crippen molar-refractivity contribution >= 4 is 27.5 Å². The van der Waals surface area contributed by atoms with E-state index in [1.165, 1.54) is 27.8 Å². The minimum atomic E-state index is -0.190. The SMILES string of the molecule is CC[C@@H](NC(=O)Cn1cnc2sc(C)c(C)c2c1=O)c1ccc(C)cc1. The molecule has 0 aliphatic heterocycles. The van der Waals surface area contributed by atoms with E-state index in [2.05, 4.69) is 10.3 Å². The number of nitrogens with one attached hydrogen (secondary N) is 1. The van der Waals surface area contributed by atoms with Crippen molar-refractivity contribution in [3.63, 3.8) is 0 Å². The molecule has 0 aliphatic rings. The summed E-state index contributed by atoms with van der Waals surface area (Å²) in [6.07, 6.45) is 2.25. The molecule has 0 saturated carbocycles. The van der Waals surface area contributed by atoms with Gasteiger partial charge in [-0.3, -0.25) is 14.2 Å². The van der Waals surface area contributed by atoms with Gasteiger partial charge in [0.05, 0.1) is 17.8 Å². The predicted octanol–water partition coefficient (Wildman–Crippen LogP) is 3.65. The zero-order chi connectivity index (χ0) is 18.8. The molecule has 26 heavy (non-hydrogen) atoms. The molecule has 1 atom stereocenters. The van der Waals surface area contributed by atoms with Crippen molar-refractivity contribution in [3.8, 4) is 0 Å². The van der Waals surface area contributed by atoms with Crippen molar-refractivity contribution in [2.45, 2.75) is 46.7 Å². The first kappa shape index (κ1) is 18.3. The fraction of sp³-hybridized carbons (Fsp3) is 0.350. The molecule has 136 valence electrons. The van der Waals surface area contributed by atoms with Gasteiger partial charge in [0.25, 0.3) is 5.56 Å². The predicted molar refractivity (Wildman–Crippen MR) is 106 cm³/mol. The molecular weight excluding hydrogens is 346 g/mol. The molecule has 0 unspecified atom stereocenters. The largest absolute Gasteiger partial charge is 0.348 e. The maximum absolute atomic E-state index is 12.7. The van der Waals surface area contributed by atoms with E-state index in [-0.39, 0.29) is 24.1 Å². The minimum absolute atomic E-state index is 0.0293. The Bertz CT molecular complexity index is 1000. The summed E-state index contributed by atoms with van der Waals surface area (Å²) in [5, 5.41) is 3.64. The Balaban J connectivity index is 1.80. The average molecular weight is 369 g/mol. The van der Waals surface area contributed by atoms with Crippen LogP contribution in [-0.2, 0) is 11.3 Å². The Morgan fingerprint density at radius 3 is 2.58 bits per heavy atom. The Kier molecular flexibility index (Phi) is 5.23. The third kappa shape index (κ3) is 3.55. The Hall–Kier alpha value is -2.47. The van der Waals surface area contributed by atoms with E-state index < -0.39 is 0 Å². The molecule has 1 N–H and O–H groups in total. The molecule has 1 aromatic carbocycles. The maximum Gasteiger partial charge on any atom is 0.262 e. The molecule has 1 amide bonds. The Morgan fingerprint density at radius 1 is 1.23 bits per heavy atom. The normalized spacial score (nSPS) is 12.3. The number of fused-ring (bicyclic) bond motifs is 1. The molecule has 2 aromatic heterocycles. The number of nitrogens with zero attached hydrogens (tertiary/aromatic N) is 2. The summed E-state index contributed by atoms with van der Waals surface area (Å²) >= 11 is 1.51. The van der Waals surface area contributed by atoms with Gasteiger partial charge in [-0.1, -0.05) is 36.8 Å². The third-order valence-corrected chi connectivity index (χ3v) is 5.81. The van der Waals surface area contributed by atoms with Gasteiger partial charge in [-0.15, -0.1) is 11.3 Å². The number of hydrogen-bond acceptors (Lipinski definition) is 4. The number of hydrogen-bond donors (Lipinski definition) is 1. The maximum atomic E-state index is 12.7. The van der Waals surface area contributed by atoms with Gasteiger partial charge in [-0.05, 0) is 38.3 Å². The number of rotatable bonds is 5. The first-order valence-corrected chi connectivity index (χ1v) is 9.53. The van der Waals surface area contributed by atoms with Gasteiger partial charge in [0.2, 0.25) is 5.91 Å². The fourth-order valence-electron chi connectivity index (χ4n) is 3.00. The highest BCUT2D eigenvalue weighted by molar-refractivity contribution is 7.18. The van der Waals surface area contributed by atoms with Crippen molar-refractivity contribution in [3.05, 3.63) is 62.5 Å². The number of aromatic nitrogens is 2. The number of benzene rings is 1. The number of carbonyl (C=O) groups is 1. The lowest BCUT2D eigenvalue weighted by molar-refractivity contribution is -0.122. The Morgan fingerprint density at radius 2 is 1.92 bits per heavy atom. The first-order chi connectivity index (χ1) is 12.4. The van der Waals surface area contributed by atoms with Crippen molar-refractivity contribution in [1.29, 1.82) is 0 Å². The molecule has 2 heterocycles. The van der Waals surface area contributed by atoms with E-state index in [1.807, 2.05) is 52.0 Å². The van der Waals surface area contributed by atoms with Crippen LogP contribution in [0.2, 0.25) is 0 Å². The van der Waals surface area contributed by atoms with E-state index in [0.29, 0.717) is 5.39 Å². The standard InChI is InChI=1S/C20H23N3O2S/c1-5-16(15-8-6-12(2)7-9-15)22-17(24)10-23-11-21-19-18(20(23)25)13(3)14(4)26-19/h6-9,11,16H,5,10H2,1-4H3,(H,22,24)/t16-/m1/s1. The first-order valence-electron chi connectivity index (χ1n) is 8.71. The van der Waals surface area contributed by atoms with Crippen molar-refractivity contribution < 1.29 is 4.79 Å². The van der Waals surface area contributed by atoms with E-state index in [9.17, 15) is 9.59 Å². The highest BCUT2D eigenvalue weighted by Gasteiger charge is 2.16. The highest BCUT2D eigenvalue weighted by atomic mass is 32.1. The molecular formula is C20H23N3O2S. The van der Waals surface area contributed by atoms with Crippen LogP contribution in [0.1, 0.15) is 41.0 Å². The van der Waals surface area contributed by atoms with Crippen molar-refractivity contribution in [2.75, 3.05) is 0 Å². The van der Waals surface area contributed by atoms with Gasteiger partial charge in [0, 0.05) is 4.88 Å². The molecule has 0 bridgehead atoms. The number of carbonyl (C=O) groups excluding carboxylic acids is 1. The minimum Gasteiger partial charge on any atom is -0.348 e. The molecule has 5 nitrogen and oxygen atoms in total. The van der Waals surface area contributed by atoms with Crippen LogP contribution in [-0.4, -0.2) is 15.5 Å².